The van der Waals surface area contributed by atoms with E-state index in [-0.39, 0.29) is 17.6 Å². The number of carbonyl (C=O) groups is 2. The number of carboxylic acid groups (broad SMARTS) is 1. The lowest BCUT2D eigenvalue weighted by atomic mass is 10.1. The summed E-state index contributed by atoms with van der Waals surface area (Å²) in [5, 5.41) is 15.2. The largest absolute Gasteiger partial charge is 0.478 e. The van der Waals surface area contributed by atoms with Gasteiger partial charge in [0.15, 0.2) is 0 Å². The molecule has 5 nitrogen and oxygen atoms in total. The first-order valence-corrected chi connectivity index (χ1v) is 7.21. The molecule has 2 amide bonds. The Labute approximate surface area is 116 Å². The molecular formula is C13H18N2O3S. The van der Waals surface area contributed by atoms with Crippen molar-refractivity contribution in [3.8, 4) is 0 Å². The Morgan fingerprint density at radius 1 is 1.26 bits per heavy atom. The van der Waals surface area contributed by atoms with Gasteiger partial charge in [0.25, 0.3) is 0 Å². The standard InChI is InChI=1S/C13H18N2O3S/c1-7-8(2)19-11(10(7)12(16)17)15-13(18)14-9-5-3-4-6-9/h9H,3-6H2,1-2H3,(H,16,17)(H2,14,15,18). The number of hydrogen-bond donors (Lipinski definition) is 3. The first kappa shape index (κ1) is 13.9. The summed E-state index contributed by atoms with van der Waals surface area (Å²) in [5.41, 5.74) is 0.915. The minimum Gasteiger partial charge on any atom is -0.478 e. The van der Waals surface area contributed by atoms with Crippen LogP contribution in [0.25, 0.3) is 0 Å². The van der Waals surface area contributed by atoms with Gasteiger partial charge in [-0.15, -0.1) is 11.3 Å². The first-order chi connectivity index (χ1) is 8.99. The van der Waals surface area contributed by atoms with E-state index in [1.54, 1.807) is 6.92 Å². The van der Waals surface area contributed by atoms with Crippen molar-refractivity contribution in [2.45, 2.75) is 45.6 Å². The van der Waals surface area contributed by atoms with Gasteiger partial charge in [0.1, 0.15) is 5.00 Å². The van der Waals surface area contributed by atoms with Gasteiger partial charge in [-0.05, 0) is 32.3 Å². The molecular weight excluding hydrogens is 264 g/mol. The van der Waals surface area contributed by atoms with Crippen LogP contribution in [0.15, 0.2) is 0 Å². The fourth-order valence-corrected chi connectivity index (χ4v) is 3.41. The van der Waals surface area contributed by atoms with Crippen molar-refractivity contribution < 1.29 is 14.7 Å². The van der Waals surface area contributed by atoms with Crippen molar-refractivity contribution in [2.75, 3.05) is 5.32 Å². The molecule has 19 heavy (non-hydrogen) atoms. The monoisotopic (exact) mass is 282 g/mol. The molecule has 0 aliphatic heterocycles. The molecule has 1 aliphatic rings. The van der Waals surface area contributed by atoms with Crippen LogP contribution in [0, 0.1) is 13.8 Å². The van der Waals surface area contributed by atoms with Crippen LogP contribution < -0.4 is 10.6 Å². The summed E-state index contributed by atoms with van der Waals surface area (Å²) in [6.07, 6.45) is 4.29. The molecule has 104 valence electrons. The molecule has 1 aliphatic carbocycles. The van der Waals surface area contributed by atoms with E-state index in [4.69, 9.17) is 0 Å². The average Bonchev–Trinajstić information content (AvgIpc) is 2.88. The van der Waals surface area contributed by atoms with Gasteiger partial charge < -0.3 is 10.4 Å². The third-order valence-electron chi connectivity index (χ3n) is 3.52. The number of carbonyl (C=O) groups excluding carboxylic acids is 1. The van der Waals surface area contributed by atoms with Gasteiger partial charge in [0.05, 0.1) is 5.56 Å². The Balaban J connectivity index is 2.07. The topological polar surface area (TPSA) is 78.4 Å². The van der Waals surface area contributed by atoms with Crippen LogP contribution >= 0.6 is 11.3 Å². The van der Waals surface area contributed by atoms with E-state index < -0.39 is 5.97 Å². The maximum Gasteiger partial charge on any atom is 0.338 e. The number of carboxylic acids is 1. The van der Waals surface area contributed by atoms with Gasteiger partial charge in [-0.2, -0.15) is 0 Å². The highest BCUT2D eigenvalue weighted by Crippen LogP contribution is 2.32. The number of amides is 2. The van der Waals surface area contributed by atoms with E-state index >= 15 is 0 Å². The number of hydrogen-bond acceptors (Lipinski definition) is 3. The third-order valence-corrected chi connectivity index (χ3v) is 4.64. The molecule has 1 fully saturated rings. The smallest absolute Gasteiger partial charge is 0.338 e. The Morgan fingerprint density at radius 3 is 2.47 bits per heavy atom. The molecule has 0 radical (unpaired) electrons. The highest BCUT2D eigenvalue weighted by atomic mass is 32.1. The molecule has 1 aromatic heterocycles. The quantitative estimate of drug-likeness (QED) is 0.797. The van der Waals surface area contributed by atoms with Crippen molar-refractivity contribution in [2.24, 2.45) is 0 Å². The van der Waals surface area contributed by atoms with Crippen molar-refractivity contribution >= 4 is 28.3 Å². The first-order valence-electron chi connectivity index (χ1n) is 6.40. The van der Waals surface area contributed by atoms with E-state index in [0.29, 0.717) is 10.6 Å². The van der Waals surface area contributed by atoms with Crippen LogP contribution in [0.2, 0.25) is 0 Å². The van der Waals surface area contributed by atoms with Crippen LogP contribution in [0.1, 0.15) is 46.5 Å². The molecule has 3 N–H and O–H groups in total. The second kappa shape index (κ2) is 5.61. The number of aromatic carboxylic acids is 1. The molecule has 1 saturated carbocycles. The minimum atomic E-state index is -1.00. The molecule has 1 aromatic rings. The zero-order valence-corrected chi connectivity index (χ0v) is 11.9. The maximum absolute atomic E-state index is 11.9. The summed E-state index contributed by atoms with van der Waals surface area (Å²) >= 11 is 1.30. The van der Waals surface area contributed by atoms with E-state index in [2.05, 4.69) is 10.6 Å². The second-order valence-corrected chi connectivity index (χ2v) is 6.10. The van der Waals surface area contributed by atoms with Crippen molar-refractivity contribution in [1.82, 2.24) is 5.32 Å². The summed E-state index contributed by atoms with van der Waals surface area (Å²) < 4.78 is 0. The molecule has 0 unspecified atom stereocenters. The lowest BCUT2D eigenvalue weighted by Crippen LogP contribution is -2.36. The fourth-order valence-electron chi connectivity index (χ4n) is 2.37. The Kier molecular flexibility index (Phi) is 4.09. The fraction of sp³-hybridized carbons (Fsp3) is 0.538. The number of rotatable bonds is 3. The Hall–Kier alpha value is -1.56. The SMILES string of the molecule is Cc1sc(NC(=O)NC2CCCC2)c(C(=O)O)c1C. The molecule has 2 rings (SSSR count). The van der Waals surface area contributed by atoms with Gasteiger partial charge in [-0.1, -0.05) is 12.8 Å². The lowest BCUT2D eigenvalue weighted by Gasteiger charge is -2.12. The summed E-state index contributed by atoms with van der Waals surface area (Å²) in [6.45, 7) is 3.61. The summed E-state index contributed by atoms with van der Waals surface area (Å²) in [6, 6.07) is -0.0916. The third kappa shape index (κ3) is 3.07. The Morgan fingerprint density at radius 2 is 1.89 bits per heavy atom. The second-order valence-electron chi connectivity index (χ2n) is 4.87. The number of urea groups is 1. The summed E-state index contributed by atoms with van der Waals surface area (Å²) in [4.78, 5) is 24.0. The van der Waals surface area contributed by atoms with Crippen LogP contribution in [0.4, 0.5) is 9.80 Å². The maximum atomic E-state index is 11.9. The molecule has 6 heteroatoms. The molecule has 0 aromatic carbocycles. The number of aryl methyl sites for hydroxylation is 1. The number of thiophene rings is 1. The van der Waals surface area contributed by atoms with Gasteiger partial charge in [0, 0.05) is 10.9 Å². The molecule has 0 bridgehead atoms. The van der Waals surface area contributed by atoms with Gasteiger partial charge >= 0.3 is 12.0 Å². The van der Waals surface area contributed by atoms with Crippen LogP contribution in [0.3, 0.4) is 0 Å². The molecule has 1 heterocycles. The average molecular weight is 282 g/mol. The van der Waals surface area contributed by atoms with Gasteiger partial charge in [-0.25, -0.2) is 9.59 Å². The van der Waals surface area contributed by atoms with Crippen LogP contribution in [-0.4, -0.2) is 23.1 Å². The highest BCUT2D eigenvalue weighted by molar-refractivity contribution is 7.16. The van der Waals surface area contributed by atoms with E-state index in [1.807, 2.05) is 6.92 Å². The normalized spacial score (nSPS) is 15.5. The van der Waals surface area contributed by atoms with E-state index in [1.165, 1.54) is 11.3 Å². The predicted molar refractivity (Wildman–Crippen MR) is 75.2 cm³/mol. The van der Waals surface area contributed by atoms with Gasteiger partial charge in [0.2, 0.25) is 0 Å². The van der Waals surface area contributed by atoms with Gasteiger partial charge in [-0.3, -0.25) is 5.32 Å². The van der Waals surface area contributed by atoms with Crippen LogP contribution in [0.5, 0.6) is 0 Å². The van der Waals surface area contributed by atoms with Crippen molar-refractivity contribution in [3.05, 3.63) is 16.0 Å². The summed E-state index contributed by atoms with van der Waals surface area (Å²) in [7, 11) is 0. The van der Waals surface area contributed by atoms with Crippen LogP contribution in [-0.2, 0) is 0 Å². The molecule has 0 atom stereocenters. The van der Waals surface area contributed by atoms with E-state index in [0.717, 1.165) is 30.6 Å². The van der Waals surface area contributed by atoms with E-state index in [9.17, 15) is 14.7 Å². The zero-order valence-electron chi connectivity index (χ0n) is 11.1. The highest BCUT2D eigenvalue weighted by Gasteiger charge is 2.22. The lowest BCUT2D eigenvalue weighted by molar-refractivity contribution is 0.0697. The Bertz CT molecular complexity index is 504. The number of anilines is 1. The number of nitrogens with one attached hydrogen (secondary N) is 2. The minimum absolute atomic E-state index is 0.198. The predicted octanol–water partition coefficient (Wildman–Crippen LogP) is 3.13. The van der Waals surface area contributed by atoms with Crippen molar-refractivity contribution in [1.29, 1.82) is 0 Å². The molecule has 0 saturated heterocycles. The summed E-state index contributed by atoms with van der Waals surface area (Å²) in [5.74, 6) is -1.00. The van der Waals surface area contributed by atoms with Crippen molar-refractivity contribution in [3.63, 3.8) is 0 Å². The zero-order chi connectivity index (χ0) is 14.0. The molecule has 0 spiro atoms.